The molecule has 0 unspecified atom stereocenters. The molecule has 1 atom stereocenters. The number of carbonyl (C=O) groups is 1. The van der Waals surface area contributed by atoms with Crippen LogP contribution < -0.4 is 20.1 Å². The Labute approximate surface area is 135 Å². The molecule has 0 saturated carbocycles. The first kappa shape index (κ1) is 15.9. The van der Waals surface area contributed by atoms with Crippen LogP contribution in [0.5, 0.6) is 11.5 Å². The molecule has 0 radical (unpaired) electrons. The summed E-state index contributed by atoms with van der Waals surface area (Å²) in [6.07, 6.45) is 1.14. The van der Waals surface area contributed by atoms with Gasteiger partial charge in [0.15, 0.2) is 21.3 Å². The topological polar surface area (TPSA) is 93.7 Å². The summed E-state index contributed by atoms with van der Waals surface area (Å²) in [5, 5.41) is 5.45. The third-order valence-corrected chi connectivity index (χ3v) is 5.64. The molecule has 2 amide bonds. The lowest BCUT2D eigenvalue weighted by Crippen LogP contribution is -2.43. The number of urea groups is 1. The lowest BCUT2D eigenvalue weighted by atomic mass is 10.1. The number of amides is 2. The van der Waals surface area contributed by atoms with Gasteiger partial charge in [0, 0.05) is 12.6 Å². The molecular weight excluding hydrogens is 320 g/mol. The van der Waals surface area contributed by atoms with Gasteiger partial charge in [0.2, 0.25) is 0 Å². The van der Waals surface area contributed by atoms with Gasteiger partial charge in [-0.25, -0.2) is 13.2 Å². The normalized spacial score (nSPS) is 21.7. The maximum Gasteiger partial charge on any atom is 0.315 e. The van der Waals surface area contributed by atoms with Crippen molar-refractivity contribution in [2.45, 2.75) is 18.9 Å². The number of ether oxygens (including phenoxy) is 2. The van der Waals surface area contributed by atoms with Gasteiger partial charge >= 0.3 is 6.03 Å². The molecule has 1 aromatic rings. The monoisotopic (exact) mass is 340 g/mol. The van der Waals surface area contributed by atoms with Gasteiger partial charge in [-0.3, -0.25) is 0 Å². The number of rotatable bonds is 4. The zero-order chi connectivity index (χ0) is 16.3. The van der Waals surface area contributed by atoms with Crippen LogP contribution in [0.4, 0.5) is 4.79 Å². The van der Waals surface area contributed by atoms with Crippen LogP contribution in [-0.2, 0) is 16.3 Å². The molecule has 0 aromatic heterocycles. The van der Waals surface area contributed by atoms with Gasteiger partial charge in [-0.2, -0.15) is 0 Å². The standard InChI is InChI=1S/C15H20N2O5S/c18-15(17-12-4-8-23(19,20)10-12)16-5-3-11-1-2-13-14(9-11)22-7-6-21-13/h1-2,9,12H,3-8,10H2,(H2,16,17,18)/t12-/m0/s1. The van der Waals surface area contributed by atoms with Crippen molar-refractivity contribution in [2.24, 2.45) is 0 Å². The van der Waals surface area contributed by atoms with Crippen molar-refractivity contribution in [1.82, 2.24) is 10.6 Å². The molecule has 0 bridgehead atoms. The summed E-state index contributed by atoms with van der Waals surface area (Å²) >= 11 is 0. The van der Waals surface area contributed by atoms with Crippen LogP contribution in [0.3, 0.4) is 0 Å². The minimum Gasteiger partial charge on any atom is -0.486 e. The van der Waals surface area contributed by atoms with Crippen molar-refractivity contribution in [3.63, 3.8) is 0 Å². The van der Waals surface area contributed by atoms with Crippen molar-refractivity contribution in [2.75, 3.05) is 31.3 Å². The minimum absolute atomic E-state index is 0.0303. The van der Waals surface area contributed by atoms with Gasteiger partial charge in [0.1, 0.15) is 13.2 Å². The summed E-state index contributed by atoms with van der Waals surface area (Å²) in [5.74, 6) is 1.65. The molecule has 1 fully saturated rings. The highest BCUT2D eigenvalue weighted by Crippen LogP contribution is 2.30. The lowest BCUT2D eigenvalue weighted by molar-refractivity contribution is 0.171. The quantitative estimate of drug-likeness (QED) is 0.832. The van der Waals surface area contributed by atoms with E-state index in [1.807, 2.05) is 18.2 Å². The Morgan fingerprint density at radius 3 is 2.74 bits per heavy atom. The third-order valence-electron chi connectivity index (χ3n) is 3.87. The van der Waals surface area contributed by atoms with Crippen molar-refractivity contribution in [3.8, 4) is 11.5 Å². The maximum absolute atomic E-state index is 11.8. The Hall–Kier alpha value is -1.96. The lowest BCUT2D eigenvalue weighted by Gasteiger charge is -2.19. The Morgan fingerprint density at radius 1 is 1.22 bits per heavy atom. The Balaban J connectivity index is 1.43. The summed E-state index contributed by atoms with van der Waals surface area (Å²) in [4.78, 5) is 11.8. The second kappa shape index (κ2) is 6.66. The van der Waals surface area contributed by atoms with E-state index >= 15 is 0 Å². The Morgan fingerprint density at radius 2 is 2.00 bits per heavy atom. The van der Waals surface area contributed by atoms with E-state index in [0.29, 0.717) is 32.6 Å². The highest BCUT2D eigenvalue weighted by atomic mass is 32.2. The van der Waals surface area contributed by atoms with Gasteiger partial charge in [-0.15, -0.1) is 0 Å². The highest BCUT2D eigenvalue weighted by Gasteiger charge is 2.28. The molecule has 126 valence electrons. The molecule has 3 rings (SSSR count). The van der Waals surface area contributed by atoms with E-state index < -0.39 is 9.84 Å². The molecule has 1 saturated heterocycles. The summed E-state index contributed by atoms with van der Waals surface area (Å²) in [5.41, 5.74) is 1.04. The summed E-state index contributed by atoms with van der Waals surface area (Å²) in [6, 6.07) is 5.11. The molecule has 7 nitrogen and oxygen atoms in total. The van der Waals surface area contributed by atoms with E-state index in [-0.39, 0.29) is 23.6 Å². The molecule has 2 heterocycles. The summed E-state index contributed by atoms with van der Waals surface area (Å²) in [7, 11) is -2.98. The molecule has 2 aliphatic rings. The van der Waals surface area contributed by atoms with Crippen LogP contribution >= 0.6 is 0 Å². The molecule has 2 N–H and O–H groups in total. The first-order valence-electron chi connectivity index (χ1n) is 7.65. The average molecular weight is 340 g/mol. The Bertz CT molecular complexity index is 689. The number of nitrogens with one attached hydrogen (secondary N) is 2. The van der Waals surface area contributed by atoms with E-state index in [0.717, 1.165) is 17.1 Å². The van der Waals surface area contributed by atoms with Crippen LogP contribution in [0.1, 0.15) is 12.0 Å². The zero-order valence-electron chi connectivity index (χ0n) is 12.7. The first-order chi connectivity index (χ1) is 11.0. The molecule has 23 heavy (non-hydrogen) atoms. The molecular formula is C15H20N2O5S. The second-order valence-electron chi connectivity index (χ2n) is 5.73. The van der Waals surface area contributed by atoms with Crippen LogP contribution in [0.25, 0.3) is 0 Å². The predicted octanol–water partition coefficient (Wildman–Crippen LogP) is 0.487. The minimum atomic E-state index is -2.98. The number of carbonyl (C=O) groups excluding carboxylic acids is 1. The number of benzene rings is 1. The molecule has 0 aliphatic carbocycles. The van der Waals surface area contributed by atoms with Crippen LogP contribution in [0, 0.1) is 0 Å². The predicted molar refractivity (Wildman–Crippen MR) is 84.7 cm³/mol. The average Bonchev–Trinajstić information content (AvgIpc) is 2.86. The second-order valence-corrected chi connectivity index (χ2v) is 7.96. The van der Waals surface area contributed by atoms with E-state index in [9.17, 15) is 13.2 Å². The van der Waals surface area contributed by atoms with Crippen molar-refractivity contribution >= 4 is 15.9 Å². The van der Waals surface area contributed by atoms with Crippen molar-refractivity contribution < 1.29 is 22.7 Å². The highest BCUT2D eigenvalue weighted by molar-refractivity contribution is 7.91. The number of hydrogen-bond acceptors (Lipinski definition) is 5. The molecule has 0 spiro atoms. The fourth-order valence-corrected chi connectivity index (χ4v) is 4.38. The molecule has 1 aromatic carbocycles. The van der Waals surface area contributed by atoms with E-state index in [2.05, 4.69) is 10.6 Å². The third kappa shape index (κ3) is 4.28. The number of fused-ring (bicyclic) bond motifs is 1. The largest absolute Gasteiger partial charge is 0.486 e. The van der Waals surface area contributed by atoms with Crippen molar-refractivity contribution in [1.29, 1.82) is 0 Å². The molecule has 2 aliphatic heterocycles. The number of sulfone groups is 1. The maximum atomic E-state index is 11.8. The summed E-state index contributed by atoms with van der Waals surface area (Å²) in [6.45, 7) is 1.57. The van der Waals surface area contributed by atoms with Crippen LogP contribution in [0.2, 0.25) is 0 Å². The fourth-order valence-electron chi connectivity index (χ4n) is 2.71. The fraction of sp³-hybridized carbons (Fsp3) is 0.533. The van der Waals surface area contributed by atoms with Gasteiger partial charge in [-0.1, -0.05) is 6.07 Å². The van der Waals surface area contributed by atoms with Crippen LogP contribution in [-0.4, -0.2) is 51.8 Å². The van der Waals surface area contributed by atoms with Crippen LogP contribution in [0.15, 0.2) is 18.2 Å². The van der Waals surface area contributed by atoms with E-state index in [1.165, 1.54) is 0 Å². The smallest absolute Gasteiger partial charge is 0.315 e. The molecule has 8 heteroatoms. The van der Waals surface area contributed by atoms with Gasteiger partial charge in [0.25, 0.3) is 0 Å². The van der Waals surface area contributed by atoms with E-state index in [4.69, 9.17) is 9.47 Å². The SMILES string of the molecule is O=C(NCCc1ccc2c(c1)OCCO2)N[C@H]1CCS(=O)(=O)C1. The Kier molecular flexibility index (Phi) is 4.61. The number of hydrogen-bond donors (Lipinski definition) is 2. The van der Waals surface area contributed by atoms with Crippen molar-refractivity contribution in [3.05, 3.63) is 23.8 Å². The van der Waals surface area contributed by atoms with Gasteiger partial charge in [0.05, 0.1) is 11.5 Å². The van der Waals surface area contributed by atoms with E-state index in [1.54, 1.807) is 0 Å². The van der Waals surface area contributed by atoms with Gasteiger partial charge in [-0.05, 0) is 30.5 Å². The van der Waals surface area contributed by atoms with Gasteiger partial charge < -0.3 is 20.1 Å². The summed E-state index contributed by atoms with van der Waals surface area (Å²) < 4.78 is 33.7. The zero-order valence-corrected chi connectivity index (χ0v) is 13.5. The first-order valence-corrected chi connectivity index (χ1v) is 9.47.